The van der Waals surface area contributed by atoms with Crippen molar-refractivity contribution in [1.29, 1.82) is 0 Å². The zero-order valence-electron chi connectivity index (χ0n) is 19.7. The summed E-state index contributed by atoms with van der Waals surface area (Å²) in [4.78, 5) is 25.9. The first-order valence-corrected chi connectivity index (χ1v) is 12.6. The van der Waals surface area contributed by atoms with E-state index in [9.17, 15) is 14.0 Å². The minimum Gasteiger partial charge on any atom is -0.483 e. The molecule has 1 unspecified atom stereocenters. The van der Waals surface area contributed by atoms with Gasteiger partial charge in [-0.05, 0) is 64.4 Å². The number of hydrogen-bond acceptors (Lipinski definition) is 8. The van der Waals surface area contributed by atoms with Crippen molar-refractivity contribution in [2.24, 2.45) is 0 Å². The van der Waals surface area contributed by atoms with E-state index in [1.807, 2.05) is 32.3 Å². The molecule has 3 aromatic rings. The van der Waals surface area contributed by atoms with Crippen LogP contribution in [0.25, 0.3) is 0 Å². The fourth-order valence-corrected chi connectivity index (χ4v) is 5.11. The van der Waals surface area contributed by atoms with Gasteiger partial charge in [0.05, 0.1) is 17.9 Å². The van der Waals surface area contributed by atoms with Gasteiger partial charge in [-0.25, -0.2) is 9.18 Å². The van der Waals surface area contributed by atoms with Gasteiger partial charge in [-0.1, -0.05) is 11.8 Å². The number of aryl methyl sites for hydroxylation is 1. The molecule has 2 aromatic heterocycles. The van der Waals surface area contributed by atoms with E-state index >= 15 is 0 Å². The lowest BCUT2D eigenvalue weighted by molar-refractivity contribution is -0.113. The molecule has 0 saturated heterocycles. The average Bonchev–Trinajstić information content (AvgIpc) is 3.34. The van der Waals surface area contributed by atoms with Crippen LogP contribution in [0.2, 0.25) is 0 Å². The number of anilines is 1. The molecule has 1 N–H and O–H groups in total. The number of halogens is 1. The number of nitrogens with one attached hydrogen (secondary N) is 1. The van der Waals surface area contributed by atoms with Gasteiger partial charge in [-0.2, -0.15) is 0 Å². The number of carbonyl (C=O) groups is 2. The summed E-state index contributed by atoms with van der Waals surface area (Å²) in [5.74, 6) is 0.160. The number of thioether (sulfide) groups is 1. The number of hydrogen-bond donors (Lipinski definition) is 1. The summed E-state index contributed by atoms with van der Waals surface area (Å²) in [5.41, 5.74) is 1.20. The maximum Gasteiger partial charge on any atom is 0.341 e. The lowest BCUT2D eigenvalue weighted by Gasteiger charge is -2.15. The van der Waals surface area contributed by atoms with Crippen molar-refractivity contribution >= 4 is 40.0 Å². The van der Waals surface area contributed by atoms with E-state index in [-0.39, 0.29) is 24.1 Å². The molecule has 0 saturated carbocycles. The average molecular weight is 507 g/mol. The van der Waals surface area contributed by atoms with E-state index < -0.39 is 12.1 Å². The van der Waals surface area contributed by atoms with Gasteiger partial charge in [0.1, 0.15) is 16.6 Å². The Morgan fingerprint density at radius 3 is 2.56 bits per heavy atom. The van der Waals surface area contributed by atoms with Gasteiger partial charge in [0.2, 0.25) is 5.91 Å². The van der Waals surface area contributed by atoms with E-state index in [1.54, 1.807) is 19.1 Å². The Labute approximate surface area is 205 Å². The highest BCUT2D eigenvalue weighted by atomic mass is 32.2. The third-order valence-corrected chi connectivity index (χ3v) is 7.09. The summed E-state index contributed by atoms with van der Waals surface area (Å²) in [5, 5.41) is 12.3. The first kappa shape index (κ1) is 25.7. The molecule has 0 fully saturated rings. The van der Waals surface area contributed by atoms with Crippen molar-refractivity contribution in [1.82, 2.24) is 14.8 Å². The third kappa shape index (κ3) is 5.95. The maximum atomic E-state index is 13.1. The largest absolute Gasteiger partial charge is 0.483 e. The molecule has 0 radical (unpaired) electrons. The normalized spacial score (nSPS) is 11.8. The van der Waals surface area contributed by atoms with Crippen LogP contribution in [0.3, 0.4) is 0 Å². The molecular weight excluding hydrogens is 479 g/mol. The molecule has 1 amide bonds. The van der Waals surface area contributed by atoms with Crippen LogP contribution >= 0.6 is 23.1 Å². The second kappa shape index (κ2) is 11.5. The van der Waals surface area contributed by atoms with Crippen LogP contribution in [0, 0.1) is 19.7 Å². The zero-order valence-corrected chi connectivity index (χ0v) is 21.3. The van der Waals surface area contributed by atoms with Crippen molar-refractivity contribution in [2.75, 3.05) is 17.7 Å². The van der Waals surface area contributed by atoms with E-state index in [1.165, 1.54) is 35.2 Å². The maximum absolute atomic E-state index is 13.1. The molecule has 2 heterocycles. The Bertz CT molecular complexity index is 1160. The summed E-state index contributed by atoms with van der Waals surface area (Å²) in [6.07, 6.45) is -0.426. The number of carbonyl (C=O) groups excluding carboxylic acids is 2. The van der Waals surface area contributed by atoms with Crippen molar-refractivity contribution in [2.45, 2.75) is 52.4 Å². The van der Waals surface area contributed by atoms with Crippen LogP contribution in [0.4, 0.5) is 9.39 Å². The van der Waals surface area contributed by atoms with Crippen molar-refractivity contribution < 1.29 is 23.5 Å². The van der Waals surface area contributed by atoms with Crippen LogP contribution in [0.5, 0.6) is 5.75 Å². The summed E-state index contributed by atoms with van der Waals surface area (Å²) >= 11 is 2.59. The molecule has 34 heavy (non-hydrogen) atoms. The van der Waals surface area contributed by atoms with Crippen molar-refractivity contribution in [3.63, 3.8) is 0 Å². The number of esters is 1. The summed E-state index contributed by atoms with van der Waals surface area (Å²) in [6, 6.07) is 5.76. The molecule has 0 aliphatic rings. The number of ether oxygens (including phenoxy) is 2. The number of amides is 1. The van der Waals surface area contributed by atoms with Crippen LogP contribution < -0.4 is 10.1 Å². The van der Waals surface area contributed by atoms with Gasteiger partial charge in [-0.15, -0.1) is 21.5 Å². The highest BCUT2D eigenvalue weighted by Crippen LogP contribution is 2.33. The minimum absolute atomic E-state index is 0.0869. The van der Waals surface area contributed by atoms with Crippen LogP contribution in [0.1, 0.15) is 53.5 Å². The van der Waals surface area contributed by atoms with E-state index in [0.717, 1.165) is 10.4 Å². The fraction of sp³-hybridized carbons (Fsp3) is 0.391. The summed E-state index contributed by atoms with van der Waals surface area (Å²) in [7, 11) is 0. The van der Waals surface area contributed by atoms with Crippen molar-refractivity contribution in [3.8, 4) is 5.75 Å². The molecule has 1 atom stereocenters. The Kier molecular flexibility index (Phi) is 8.67. The Morgan fingerprint density at radius 1 is 1.21 bits per heavy atom. The third-order valence-electron chi connectivity index (χ3n) is 5.00. The predicted octanol–water partition coefficient (Wildman–Crippen LogP) is 5.16. The number of thiophene rings is 1. The summed E-state index contributed by atoms with van der Waals surface area (Å²) < 4.78 is 26.0. The van der Waals surface area contributed by atoms with Crippen LogP contribution in [-0.2, 0) is 16.1 Å². The monoisotopic (exact) mass is 506 g/mol. The van der Waals surface area contributed by atoms with Crippen molar-refractivity contribution in [3.05, 3.63) is 51.9 Å². The SMILES string of the molecule is CCOC(=O)c1c(NC(=O)CSc2nnc(C(C)Oc3ccc(F)cc3)n2CC)sc(C)c1C. The zero-order chi connectivity index (χ0) is 24.8. The Balaban J connectivity index is 1.66. The quantitative estimate of drug-likeness (QED) is 0.300. The highest BCUT2D eigenvalue weighted by Gasteiger charge is 2.23. The van der Waals surface area contributed by atoms with E-state index in [2.05, 4.69) is 15.5 Å². The molecule has 3 rings (SSSR count). The Hall–Kier alpha value is -2.92. The standard InChI is InChI=1S/C23H27FN4O4S2/c1-6-28-20(14(4)32-17-10-8-16(24)9-11-17)26-27-23(28)33-12-18(29)25-21-19(22(30)31-7-2)13(3)15(5)34-21/h8-11,14H,6-7,12H2,1-5H3,(H,25,29). The molecule has 0 spiro atoms. The molecule has 182 valence electrons. The Morgan fingerprint density at radius 2 is 1.91 bits per heavy atom. The van der Waals surface area contributed by atoms with Gasteiger partial charge >= 0.3 is 5.97 Å². The number of benzene rings is 1. The van der Waals surface area contributed by atoms with Gasteiger partial charge in [0.25, 0.3) is 0 Å². The molecule has 1 aromatic carbocycles. The number of rotatable bonds is 10. The summed E-state index contributed by atoms with van der Waals surface area (Å²) in [6.45, 7) is 10.1. The topological polar surface area (TPSA) is 95.3 Å². The van der Waals surface area contributed by atoms with Gasteiger partial charge in [-0.3, -0.25) is 4.79 Å². The molecule has 0 bridgehead atoms. The minimum atomic E-state index is -0.446. The second-order valence-electron chi connectivity index (χ2n) is 7.34. The molecule has 8 nitrogen and oxygen atoms in total. The molecule has 0 aliphatic carbocycles. The molecular formula is C23H27FN4O4S2. The van der Waals surface area contributed by atoms with Gasteiger partial charge in [0, 0.05) is 11.4 Å². The van der Waals surface area contributed by atoms with Crippen LogP contribution in [0.15, 0.2) is 29.4 Å². The number of aromatic nitrogens is 3. The highest BCUT2D eigenvalue weighted by molar-refractivity contribution is 7.99. The first-order valence-electron chi connectivity index (χ1n) is 10.8. The van der Waals surface area contributed by atoms with E-state index in [0.29, 0.717) is 33.8 Å². The van der Waals surface area contributed by atoms with E-state index in [4.69, 9.17) is 9.47 Å². The first-order chi connectivity index (χ1) is 16.2. The smallest absolute Gasteiger partial charge is 0.341 e. The number of nitrogens with zero attached hydrogens (tertiary/aromatic N) is 3. The molecule has 0 aliphatic heterocycles. The molecule has 11 heteroatoms. The van der Waals surface area contributed by atoms with Crippen LogP contribution in [-0.4, -0.2) is 39.0 Å². The van der Waals surface area contributed by atoms with Gasteiger partial charge in [0.15, 0.2) is 17.1 Å². The second-order valence-corrected chi connectivity index (χ2v) is 9.51. The lowest BCUT2D eigenvalue weighted by Crippen LogP contribution is -2.17. The predicted molar refractivity (Wildman–Crippen MR) is 130 cm³/mol. The fourth-order valence-electron chi connectivity index (χ4n) is 3.23. The lowest BCUT2D eigenvalue weighted by atomic mass is 10.1. The van der Waals surface area contributed by atoms with Gasteiger partial charge < -0.3 is 19.4 Å².